The molecule has 0 spiro atoms. The van der Waals surface area contributed by atoms with Gasteiger partial charge in [0.15, 0.2) is 0 Å². The van der Waals surface area contributed by atoms with Crippen LogP contribution in [0, 0.1) is 11.3 Å². The van der Waals surface area contributed by atoms with Gasteiger partial charge in [0.25, 0.3) is 0 Å². The lowest BCUT2D eigenvalue weighted by Gasteiger charge is -2.03. The van der Waals surface area contributed by atoms with Crippen LogP contribution in [0.4, 0.5) is 0 Å². The molecule has 2 bridgehead atoms. The molecule has 0 fully saturated rings. The van der Waals surface area contributed by atoms with Gasteiger partial charge in [-0.25, -0.2) is 14.6 Å². The van der Waals surface area contributed by atoms with Crippen molar-refractivity contribution >= 4 is 22.2 Å². The quantitative estimate of drug-likeness (QED) is 0.552. The average molecular weight is 362 g/mol. The minimum atomic E-state index is -0.691. The predicted molar refractivity (Wildman–Crippen MR) is 96.9 cm³/mol. The number of benzene rings is 1. The molecule has 3 heterocycles. The van der Waals surface area contributed by atoms with Gasteiger partial charge in [-0.1, -0.05) is 6.07 Å². The summed E-state index contributed by atoms with van der Waals surface area (Å²) in [4.78, 5) is 28.2. The normalized spacial score (nSPS) is 10.9. The smallest absolute Gasteiger partial charge is 0.337 e. The standard InChI is InChI=1S/C19H14N4O4/c20-7-2-9-23-14-3-1-4-15-18(14)13(11-22-10-8-21-12-22)19(23)27-17(25)6-5-16(24)26-15/h1,3-6,8,10,12H,2,9,11H2. The van der Waals surface area contributed by atoms with E-state index >= 15 is 0 Å². The molecule has 0 atom stereocenters. The van der Waals surface area contributed by atoms with Gasteiger partial charge in [-0.15, -0.1) is 0 Å². The monoisotopic (exact) mass is 362 g/mol. The van der Waals surface area contributed by atoms with Crippen LogP contribution < -0.4 is 11.3 Å². The van der Waals surface area contributed by atoms with Crippen LogP contribution in [0.5, 0.6) is 0 Å². The molecule has 0 aliphatic rings. The first-order valence-electron chi connectivity index (χ1n) is 8.26. The first-order chi connectivity index (χ1) is 13.2. The maximum Gasteiger partial charge on any atom is 0.337 e. The summed E-state index contributed by atoms with van der Waals surface area (Å²) in [6, 6.07) is 9.44. The molecule has 1 aromatic carbocycles. The van der Waals surface area contributed by atoms with Crippen molar-refractivity contribution in [1.29, 1.82) is 5.26 Å². The molecule has 0 aliphatic heterocycles. The van der Waals surface area contributed by atoms with Crippen molar-refractivity contribution in [3.05, 3.63) is 75.5 Å². The van der Waals surface area contributed by atoms with Gasteiger partial charge in [-0.2, -0.15) is 5.26 Å². The number of aryl methyl sites for hydroxylation is 1. The maximum absolute atomic E-state index is 12.2. The molecule has 134 valence electrons. The maximum atomic E-state index is 12.2. The number of rotatable bonds is 4. The van der Waals surface area contributed by atoms with Crippen LogP contribution in [0.3, 0.4) is 0 Å². The molecule has 8 nitrogen and oxygen atoms in total. The third kappa shape index (κ3) is 3.06. The average Bonchev–Trinajstić information content (AvgIpc) is 3.26. The van der Waals surface area contributed by atoms with E-state index in [0.717, 1.165) is 17.6 Å². The molecule has 0 amide bonds. The van der Waals surface area contributed by atoms with E-state index in [1.807, 2.05) is 10.6 Å². The Hall–Kier alpha value is -3.86. The van der Waals surface area contributed by atoms with Crippen LogP contribution in [0.2, 0.25) is 0 Å². The number of hydrogen-bond acceptors (Lipinski definition) is 6. The summed E-state index contributed by atoms with van der Waals surface area (Å²) < 4.78 is 14.6. The molecular formula is C19H14N4O4. The Labute approximate surface area is 152 Å². The lowest BCUT2D eigenvalue weighted by molar-refractivity contribution is 0.518. The van der Waals surface area contributed by atoms with Gasteiger partial charge < -0.3 is 18.0 Å². The fraction of sp³-hybridized carbons (Fsp3) is 0.158. The summed E-state index contributed by atoms with van der Waals surface area (Å²) in [5, 5.41) is 9.68. The van der Waals surface area contributed by atoms with Crippen molar-refractivity contribution in [2.24, 2.45) is 0 Å². The fourth-order valence-corrected chi connectivity index (χ4v) is 3.13. The third-order valence-electron chi connectivity index (χ3n) is 4.21. The van der Waals surface area contributed by atoms with Crippen LogP contribution >= 0.6 is 0 Å². The molecular weight excluding hydrogens is 348 g/mol. The Morgan fingerprint density at radius 1 is 1.11 bits per heavy atom. The Morgan fingerprint density at radius 2 is 1.93 bits per heavy atom. The number of imidazole rings is 1. The summed E-state index contributed by atoms with van der Waals surface area (Å²) >= 11 is 0. The van der Waals surface area contributed by atoms with Crippen molar-refractivity contribution in [1.82, 2.24) is 14.1 Å². The first kappa shape index (κ1) is 16.6. The second kappa shape index (κ2) is 6.80. The van der Waals surface area contributed by atoms with Crippen LogP contribution in [-0.4, -0.2) is 14.1 Å². The lowest BCUT2D eigenvalue weighted by atomic mass is 10.1. The zero-order valence-corrected chi connectivity index (χ0v) is 14.2. The number of nitriles is 1. The van der Waals surface area contributed by atoms with Gasteiger partial charge in [0, 0.05) is 36.6 Å². The second-order valence-corrected chi connectivity index (χ2v) is 5.90. The largest absolute Gasteiger partial charge is 0.423 e. The lowest BCUT2D eigenvalue weighted by Crippen LogP contribution is -2.03. The Bertz CT molecular complexity index is 1300. The molecule has 0 N–H and O–H groups in total. The molecule has 27 heavy (non-hydrogen) atoms. The van der Waals surface area contributed by atoms with Crippen LogP contribution in [0.25, 0.3) is 22.2 Å². The summed E-state index contributed by atoms with van der Waals surface area (Å²) in [7, 11) is 0. The number of fused-ring (bicyclic) bond motifs is 1. The number of nitrogens with zero attached hydrogens (tertiary/aromatic N) is 4. The molecule has 0 aliphatic carbocycles. The molecule has 4 rings (SSSR count). The van der Waals surface area contributed by atoms with Gasteiger partial charge in [-0.3, -0.25) is 0 Å². The minimum absolute atomic E-state index is 0.235. The second-order valence-electron chi connectivity index (χ2n) is 5.90. The summed E-state index contributed by atoms with van der Waals surface area (Å²) in [5.74, 6) is 0. The first-order valence-corrected chi connectivity index (χ1v) is 8.26. The van der Waals surface area contributed by atoms with Crippen LogP contribution in [-0.2, 0) is 13.1 Å². The van der Waals surface area contributed by atoms with Crippen molar-refractivity contribution in [3.63, 3.8) is 0 Å². The molecule has 0 saturated heterocycles. The highest BCUT2D eigenvalue weighted by Crippen LogP contribution is 2.31. The number of aromatic nitrogens is 3. The Kier molecular flexibility index (Phi) is 4.18. The topological polar surface area (TPSA) is 107 Å². The highest BCUT2D eigenvalue weighted by atomic mass is 16.4. The third-order valence-corrected chi connectivity index (χ3v) is 4.21. The van der Waals surface area contributed by atoms with E-state index in [1.54, 1.807) is 35.4 Å². The van der Waals surface area contributed by atoms with Gasteiger partial charge in [0.1, 0.15) is 5.58 Å². The fourth-order valence-electron chi connectivity index (χ4n) is 3.13. The van der Waals surface area contributed by atoms with Crippen molar-refractivity contribution < 1.29 is 8.83 Å². The minimum Gasteiger partial charge on any atom is -0.423 e. The SMILES string of the molecule is N#CCCn1c2oc(=O)ccc(=O)oc3cccc1c3c2Cn1ccnc1. The van der Waals surface area contributed by atoms with Crippen molar-refractivity contribution in [2.75, 3.05) is 0 Å². The summed E-state index contributed by atoms with van der Waals surface area (Å²) in [6.07, 6.45) is 5.31. The molecule has 0 unspecified atom stereocenters. The van der Waals surface area contributed by atoms with E-state index in [0.29, 0.717) is 35.3 Å². The van der Waals surface area contributed by atoms with E-state index in [4.69, 9.17) is 14.1 Å². The van der Waals surface area contributed by atoms with Gasteiger partial charge in [0.2, 0.25) is 5.71 Å². The zero-order chi connectivity index (χ0) is 18.8. The molecule has 0 saturated carbocycles. The highest BCUT2D eigenvalue weighted by Gasteiger charge is 2.19. The Morgan fingerprint density at radius 3 is 2.67 bits per heavy atom. The zero-order valence-electron chi connectivity index (χ0n) is 14.2. The highest BCUT2D eigenvalue weighted by molar-refractivity contribution is 6.00. The van der Waals surface area contributed by atoms with E-state index < -0.39 is 11.3 Å². The van der Waals surface area contributed by atoms with Crippen LogP contribution in [0.1, 0.15) is 12.0 Å². The van der Waals surface area contributed by atoms with Gasteiger partial charge in [0.05, 0.1) is 36.3 Å². The summed E-state index contributed by atoms with van der Waals surface area (Å²) in [5.41, 5.74) is 0.731. The van der Waals surface area contributed by atoms with Gasteiger partial charge >= 0.3 is 11.3 Å². The molecule has 4 aromatic rings. The predicted octanol–water partition coefficient (Wildman–Crippen LogP) is 2.42. The van der Waals surface area contributed by atoms with Crippen LogP contribution in [0.15, 0.2) is 67.5 Å². The van der Waals surface area contributed by atoms with E-state index in [-0.39, 0.29) is 6.42 Å². The van der Waals surface area contributed by atoms with E-state index in [2.05, 4.69) is 11.1 Å². The van der Waals surface area contributed by atoms with Crippen molar-refractivity contribution in [2.45, 2.75) is 19.5 Å². The van der Waals surface area contributed by atoms with E-state index in [1.165, 1.54) is 0 Å². The van der Waals surface area contributed by atoms with E-state index in [9.17, 15) is 9.59 Å². The summed E-state index contributed by atoms with van der Waals surface area (Å²) in [6.45, 7) is 0.692. The van der Waals surface area contributed by atoms with Gasteiger partial charge in [-0.05, 0) is 12.1 Å². The van der Waals surface area contributed by atoms with Crippen molar-refractivity contribution in [3.8, 4) is 6.07 Å². The molecule has 3 aromatic heterocycles. The number of hydrogen-bond donors (Lipinski definition) is 0. The Balaban J connectivity index is 2.19. The molecule has 0 radical (unpaired) electrons. The molecule has 8 heteroatoms.